The van der Waals surface area contributed by atoms with Crippen LogP contribution in [0.4, 0.5) is 0 Å². The molecule has 2 aliphatic rings. The molecule has 0 amide bonds. The van der Waals surface area contributed by atoms with E-state index in [1.165, 1.54) is 71.3 Å². The van der Waals surface area contributed by atoms with Crippen molar-refractivity contribution < 1.29 is 5.11 Å². The monoisotopic (exact) mass is 441 g/mol. The van der Waals surface area contributed by atoms with E-state index >= 15 is 0 Å². The van der Waals surface area contributed by atoms with Crippen molar-refractivity contribution >= 4 is 11.1 Å². The van der Waals surface area contributed by atoms with Gasteiger partial charge >= 0.3 is 0 Å². The number of piperidine rings is 1. The smallest absolute Gasteiger partial charge is 0.115 e. The Morgan fingerprint density at radius 2 is 1.45 bits per heavy atom. The summed E-state index contributed by atoms with van der Waals surface area (Å²) in [6, 6.07) is 25.3. The number of aromatic hydroxyl groups is 1. The number of aryl methyl sites for hydroxylation is 1. The Labute approximate surface area is 200 Å². The Hall–Kier alpha value is -2.84. The summed E-state index contributed by atoms with van der Waals surface area (Å²) in [5.41, 5.74) is 9.24. The van der Waals surface area contributed by atoms with E-state index in [0.29, 0.717) is 5.75 Å². The molecule has 5 rings (SSSR count). The van der Waals surface area contributed by atoms with Crippen LogP contribution in [0.5, 0.6) is 5.75 Å². The molecule has 1 fully saturated rings. The second-order valence-corrected chi connectivity index (χ2v) is 8.50. The second kappa shape index (κ2) is 13.0. The van der Waals surface area contributed by atoms with E-state index in [1.54, 1.807) is 6.07 Å². The summed E-state index contributed by atoms with van der Waals surface area (Å²) in [7, 11) is 0. The summed E-state index contributed by atoms with van der Waals surface area (Å²) in [4.78, 5) is 0. The SMILES string of the molecule is C1CCNCC1.CC.CCc1ccc(CC2=C(c3ccccc3)Cc3cc(O)ccc32)cc1. The van der Waals surface area contributed by atoms with Gasteiger partial charge in [0.05, 0.1) is 0 Å². The largest absolute Gasteiger partial charge is 0.508 e. The van der Waals surface area contributed by atoms with Gasteiger partial charge in [-0.15, -0.1) is 0 Å². The highest BCUT2D eigenvalue weighted by Gasteiger charge is 2.23. The third-order valence-corrected chi connectivity index (χ3v) is 6.29. The van der Waals surface area contributed by atoms with E-state index < -0.39 is 0 Å². The van der Waals surface area contributed by atoms with E-state index in [1.807, 2.05) is 19.9 Å². The molecule has 0 spiro atoms. The minimum atomic E-state index is 0.347. The first-order chi connectivity index (χ1) is 16.2. The molecule has 0 unspecified atom stereocenters. The number of allylic oxidation sites excluding steroid dienone is 2. The van der Waals surface area contributed by atoms with Gasteiger partial charge in [-0.05, 0) is 96.3 Å². The van der Waals surface area contributed by atoms with Gasteiger partial charge in [-0.1, -0.05) is 87.9 Å². The molecule has 0 atom stereocenters. The lowest BCUT2D eigenvalue weighted by atomic mass is 9.94. The molecule has 1 heterocycles. The number of hydrogen-bond acceptors (Lipinski definition) is 2. The van der Waals surface area contributed by atoms with Crippen LogP contribution in [0, 0.1) is 0 Å². The first-order valence-corrected chi connectivity index (χ1v) is 12.6. The van der Waals surface area contributed by atoms with Gasteiger partial charge in [-0.3, -0.25) is 0 Å². The zero-order valence-electron chi connectivity index (χ0n) is 20.5. The van der Waals surface area contributed by atoms with Crippen LogP contribution in [0.3, 0.4) is 0 Å². The standard InChI is InChI=1S/C24H22O.C5H11N.C2H6/c1-2-17-8-10-18(11-9-17)14-24-22-13-12-21(25)15-20(22)16-23(24)19-6-4-3-5-7-19;1-2-4-6-5-3-1;1-2/h3-13,15,25H,2,14,16H2,1H3;6H,1-5H2;1-2H3. The quantitative estimate of drug-likeness (QED) is 0.441. The van der Waals surface area contributed by atoms with E-state index in [-0.39, 0.29) is 0 Å². The van der Waals surface area contributed by atoms with Crippen molar-refractivity contribution in [2.24, 2.45) is 0 Å². The molecular formula is C31H39NO. The molecule has 3 aromatic carbocycles. The Bertz CT molecular complexity index is 1000. The van der Waals surface area contributed by atoms with Crippen LogP contribution in [-0.4, -0.2) is 18.2 Å². The van der Waals surface area contributed by atoms with Crippen molar-refractivity contribution in [1.29, 1.82) is 0 Å². The number of nitrogens with one attached hydrogen (secondary N) is 1. The van der Waals surface area contributed by atoms with Crippen molar-refractivity contribution in [3.63, 3.8) is 0 Å². The van der Waals surface area contributed by atoms with Gasteiger partial charge in [-0.25, -0.2) is 0 Å². The van der Waals surface area contributed by atoms with Gasteiger partial charge in [0.25, 0.3) is 0 Å². The molecule has 2 nitrogen and oxygen atoms in total. The average Bonchev–Trinajstić information content (AvgIpc) is 3.25. The summed E-state index contributed by atoms with van der Waals surface area (Å²) in [5.74, 6) is 0.347. The van der Waals surface area contributed by atoms with E-state index in [2.05, 4.69) is 72.9 Å². The van der Waals surface area contributed by atoms with Crippen molar-refractivity contribution in [1.82, 2.24) is 5.32 Å². The lowest BCUT2D eigenvalue weighted by Gasteiger charge is -2.10. The van der Waals surface area contributed by atoms with Crippen LogP contribution in [-0.2, 0) is 19.3 Å². The molecule has 0 radical (unpaired) electrons. The van der Waals surface area contributed by atoms with Gasteiger partial charge in [0.2, 0.25) is 0 Å². The fraction of sp³-hybridized carbons (Fsp3) is 0.355. The number of phenols is 1. The topological polar surface area (TPSA) is 32.3 Å². The van der Waals surface area contributed by atoms with Crippen molar-refractivity contribution in [2.75, 3.05) is 13.1 Å². The summed E-state index contributed by atoms with van der Waals surface area (Å²) in [6.07, 6.45) is 7.09. The number of hydrogen-bond donors (Lipinski definition) is 2. The minimum absolute atomic E-state index is 0.347. The third kappa shape index (κ3) is 6.82. The van der Waals surface area contributed by atoms with Crippen molar-refractivity contribution in [3.05, 3.63) is 101 Å². The van der Waals surface area contributed by atoms with Crippen LogP contribution in [0.25, 0.3) is 11.1 Å². The molecule has 1 aliphatic carbocycles. The Balaban J connectivity index is 0.000000329. The zero-order valence-corrected chi connectivity index (χ0v) is 20.5. The average molecular weight is 442 g/mol. The third-order valence-electron chi connectivity index (χ3n) is 6.29. The Kier molecular flexibility index (Phi) is 9.77. The summed E-state index contributed by atoms with van der Waals surface area (Å²) >= 11 is 0. The van der Waals surface area contributed by atoms with E-state index in [0.717, 1.165) is 19.3 Å². The lowest BCUT2D eigenvalue weighted by molar-refractivity contribution is 0.475. The highest BCUT2D eigenvalue weighted by Crippen LogP contribution is 2.41. The maximum absolute atomic E-state index is 9.87. The zero-order chi connectivity index (χ0) is 23.5. The van der Waals surface area contributed by atoms with E-state index in [4.69, 9.17) is 0 Å². The highest BCUT2D eigenvalue weighted by molar-refractivity contribution is 5.97. The van der Waals surface area contributed by atoms with Gasteiger partial charge in [0.1, 0.15) is 5.75 Å². The molecule has 0 bridgehead atoms. The minimum Gasteiger partial charge on any atom is -0.508 e. The van der Waals surface area contributed by atoms with Gasteiger partial charge in [0.15, 0.2) is 0 Å². The van der Waals surface area contributed by atoms with Crippen LogP contribution in [0.2, 0.25) is 0 Å². The fourth-order valence-electron chi connectivity index (χ4n) is 4.50. The summed E-state index contributed by atoms with van der Waals surface area (Å²) < 4.78 is 0. The van der Waals surface area contributed by atoms with Crippen LogP contribution >= 0.6 is 0 Å². The number of rotatable bonds is 4. The van der Waals surface area contributed by atoms with Gasteiger partial charge in [0, 0.05) is 0 Å². The van der Waals surface area contributed by atoms with Gasteiger partial charge in [-0.2, -0.15) is 0 Å². The molecule has 2 N–H and O–H groups in total. The fourth-order valence-corrected chi connectivity index (χ4v) is 4.50. The van der Waals surface area contributed by atoms with E-state index in [9.17, 15) is 5.11 Å². The predicted octanol–water partition coefficient (Wildman–Crippen LogP) is 7.45. The first kappa shape index (κ1) is 24.8. The number of benzene rings is 3. The van der Waals surface area contributed by atoms with Crippen LogP contribution in [0.1, 0.15) is 67.9 Å². The molecule has 3 aromatic rings. The normalized spacial score (nSPS) is 14.5. The van der Waals surface area contributed by atoms with Crippen molar-refractivity contribution in [2.45, 2.75) is 59.3 Å². The van der Waals surface area contributed by atoms with Crippen LogP contribution in [0.15, 0.2) is 72.8 Å². The maximum Gasteiger partial charge on any atom is 0.115 e. The first-order valence-electron chi connectivity index (χ1n) is 12.6. The maximum atomic E-state index is 9.87. The summed E-state index contributed by atoms with van der Waals surface area (Å²) in [5, 5.41) is 13.2. The Morgan fingerprint density at radius 3 is 2.03 bits per heavy atom. The molecule has 0 aromatic heterocycles. The molecule has 1 saturated heterocycles. The van der Waals surface area contributed by atoms with Crippen LogP contribution < -0.4 is 5.32 Å². The number of phenolic OH excluding ortho intramolecular Hbond substituents is 1. The molecule has 0 saturated carbocycles. The molecule has 33 heavy (non-hydrogen) atoms. The predicted molar refractivity (Wildman–Crippen MR) is 143 cm³/mol. The summed E-state index contributed by atoms with van der Waals surface area (Å²) in [6.45, 7) is 8.69. The second-order valence-electron chi connectivity index (χ2n) is 8.50. The Morgan fingerprint density at radius 1 is 0.788 bits per heavy atom. The van der Waals surface area contributed by atoms with Crippen molar-refractivity contribution in [3.8, 4) is 5.75 Å². The van der Waals surface area contributed by atoms with Gasteiger partial charge < -0.3 is 10.4 Å². The lowest BCUT2D eigenvalue weighted by Crippen LogP contribution is -2.21. The number of fused-ring (bicyclic) bond motifs is 1. The molecule has 174 valence electrons. The molecule has 1 aliphatic heterocycles. The molecule has 2 heteroatoms. The molecular weight excluding hydrogens is 402 g/mol. The highest BCUT2D eigenvalue weighted by atomic mass is 16.3.